The summed E-state index contributed by atoms with van der Waals surface area (Å²) in [6.07, 6.45) is 3.59. The van der Waals surface area contributed by atoms with Crippen molar-refractivity contribution in [3.8, 4) is 0 Å². The van der Waals surface area contributed by atoms with Crippen LogP contribution in [0.1, 0.15) is 38.1 Å². The van der Waals surface area contributed by atoms with Crippen LogP contribution in [0.4, 0.5) is 0 Å². The summed E-state index contributed by atoms with van der Waals surface area (Å²) in [6, 6.07) is 3.75. The molecular weight excluding hydrogens is 246 g/mol. The summed E-state index contributed by atoms with van der Waals surface area (Å²) in [6.45, 7) is 3.41. The van der Waals surface area contributed by atoms with Crippen LogP contribution < -0.4 is 0 Å². The maximum Gasteiger partial charge on any atom is 0.320 e. The predicted octanol–water partition coefficient (Wildman–Crippen LogP) is 1.73. The number of nitrogens with zero attached hydrogens (tertiary/aromatic N) is 1. The first kappa shape index (κ1) is 14.1. The molecule has 0 radical (unpaired) electrons. The number of rotatable bonds is 6. The molecule has 0 saturated carbocycles. The molecule has 19 heavy (non-hydrogen) atoms. The molecule has 1 aromatic rings. The lowest BCUT2D eigenvalue weighted by Gasteiger charge is -2.24. The van der Waals surface area contributed by atoms with Gasteiger partial charge in [-0.3, -0.25) is 9.69 Å². The van der Waals surface area contributed by atoms with Gasteiger partial charge in [0.05, 0.1) is 19.4 Å². The van der Waals surface area contributed by atoms with E-state index < -0.39 is 6.10 Å². The largest absolute Gasteiger partial charge is 0.467 e. The summed E-state index contributed by atoms with van der Waals surface area (Å²) in [5, 5.41) is 10.1. The maximum absolute atomic E-state index is 11.5. The average Bonchev–Trinajstić information content (AvgIpc) is 3.01. The molecule has 2 heterocycles. The van der Waals surface area contributed by atoms with E-state index in [2.05, 4.69) is 4.90 Å². The molecule has 1 aliphatic rings. The van der Waals surface area contributed by atoms with E-state index in [0.29, 0.717) is 25.3 Å². The lowest BCUT2D eigenvalue weighted by Crippen LogP contribution is -2.36. The van der Waals surface area contributed by atoms with Crippen LogP contribution >= 0.6 is 0 Å². The van der Waals surface area contributed by atoms with Gasteiger partial charge >= 0.3 is 5.97 Å². The smallest absolute Gasteiger partial charge is 0.320 e. The van der Waals surface area contributed by atoms with E-state index in [1.807, 2.05) is 0 Å². The van der Waals surface area contributed by atoms with Crippen LogP contribution in [0, 0.1) is 0 Å². The Hall–Kier alpha value is -1.33. The molecule has 2 atom stereocenters. The van der Waals surface area contributed by atoms with Gasteiger partial charge in [0.2, 0.25) is 0 Å². The molecule has 0 amide bonds. The molecule has 1 N–H and O–H groups in total. The van der Waals surface area contributed by atoms with E-state index in [1.165, 1.54) is 0 Å². The highest BCUT2D eigenvalue weighted by atomic mass is 16.5. The topological polar surface area (TPSA) is 62.9 Å². The molecule has 1 aromatic heterocycles. The van der Waals surface area contributed by atoms with Crippen molar-refractivity contribution in [1.29, 1.82) is 0 Å². The molecule has 2 unspecified atom stereocenters. The Labute approximate surface area is 113 Å². The Bertz CT molecular complexity index is 390. The van der Waals surface area contributed by atoms with Crippen molar-refractivity contribution in [2.45, 2.75) is 38.3 Å². The molecule has 1 saturated heterocycles. The summed E-state index contributed by atoms with van der Waals surface area (Å²) >= 11 is 0. The number of carbonyl (C=O) groups is 1. The van der Waals surface area contributed by atoms with Crippen LogP contribution in [-0.4, -0.2) is 41.7 Å². The number of likely N-dealkylation sites (tertiary alicyclic amines) is 1. The monoisotopic (exact) mass is 267 g/mol. The molecule has 0 spiro atoms. The van der Waals surface area contributed by atoms with Gasteiger partial charge in [0.1, 0.15) is 11.9 Å². The Morgan fingerprint density at radius 3 is 3.21 bits per heavy atom. The zero-order chi connectivity index (χ0) is 13.7. The van der Waals surface area contributed by atoms with Crippen LogP contribution in [-0.2, 0) is 9.53 Å². The highest BCUT2D eigenvalue weighted by Crippen LogP contribution is 2.27. The number of aliphatic hydroxyl groups excluding tert-OH is 1. The van der Waals surface area contributed by atoms with Crippen molar-refractivity contribution in [2.24, 2.45) is 0 Å². The zero-order valence-corrected chi connectivity index (χ0v) is 11.2. The normalized spacial score (nSPS) is 21.5. The van der Waals surface area contributed by atoms with Crippen LogP contribution in [0.2, 0.25) is 0 Å². The molecule has 0 aromatic carbocycles. The second kappa shape index (κ2) is 6.73. The highest BCUT2D eigenvalue weighted by Gasteiger charge is 2.29. The molecule has 2 rings (SSSR count). The fraction of sp³-hybridized carbons (Fsp3) is 0.643. The molecule has 106 valence electrons. The van der Waals surface area contributed by atoms with E-state index >= 15 is 0 Å². The second-order valence-corrected chi connectivity index (χ2v) is 4.84. The van der Waals surface area contributed by atoms with Crippen molar-refractivity contribution < 1.29 is 19.1 Å². The lowest BCUT2D eigenvalue weighted by atomic mass is 10.1. The number of hydrogen-bond donors (Lipinski definition) is 1. The number of esters is 1. The predicted molar refractivity (Wildman–Crippen MR) is 69.5 cm³/mol. The number of furan rings is 1. The van der Waals surface area contributed by atoms with Crippen molar-refractivity contribution >= 4 is 5.97 Å². The zero-order valence-electron chi connectivity index (χ0n) is 11.2. The standard InChI is InChI=1S/C14H21NO4/c1-2-18-14(17)10-15-7-3-5-11(15)9-12(16)13-6-4-8-19-13/h4,6,8,11-12,16H,2-3,5,7,9-10H2,1H3. The van der Waals surface area contributed by atoms with Crippen LogP contribution in [0.5, 0.6) is 0 Å². The molecule has 0 bridgehead atoms. The quantitative estimate of drug-likeness (QED) is 0.795. The van der Waals surface area contributed by atoms with Crippen LogP contribution in [0.15, 0.2) is 22.8 Å². The summed E-state index contributed by atoms with van der Waals surface area (Å²) in [5.74, 6) is 0.393. The highest BCUT2D eigenvalue weighted by molar-refractivity contribution is 5.71. The first-order valence-electron chi connectivity index (χ1n) is 6.82. The molecule has 5 nitrogen and oxygen atoms in total. The molecule has 1 fully saturated rings. The van der Waals surface area contributed by atoms with Crippen molar-refractivity contribution in [2.75, 3.05) is 19.7 Å². The fourth-order valence-electron chi connectivity index (χ4n) is 2.60. The van der Waals surface area contributed by atoms with E-state index in [1.54, 1.807) is 25.3 Å². The summed E-state index contributed by atoms with van der Waals surface area (Å²) in [4.78, 5) is 13.6. The van der Waals surface area contributed by atoms with Crippen molar-refractivity contribution in [1.82, 2.24) is 4.90 Å². The third-order valence-electron chi connectivity index (χ3n) is 3.50. The number of carbonyl (C=O) groups excluding carboxylic acids is 1. The van der Waals surface area contributed by atoms with Gasteiger partial charge in [-0.05, 0) is 44.9 Å². The van der Waals surface area contributed by atoms with Crippen molar-refractivity contribution in [3.05, 3.63) is 24.2 Å². The minimum absolute atomic E-state index is 0.193. The minimum Gasteiger partial charge on any atom is -0.467 e. The van der Waals surface area contributed by atoms with E-state index in [0.717, 1.165) is 19.4 Å². The molecule has 1 aliphatic heterocycles. The average molecular weight is 267 g/mol. The Kier molecular flexibility index (Phi) is 4.99. The first-order valence-corrected chi connectivity index (χ1v) is 6.82. The van der Waals surface area contributed by atoms with E-state index in [4.69, 9.17) is 9.15 Å². The molecular formula is C14H21NO4. The van der Waals surface area contributed by atoms with Gasteiger partial charge in [-0.1, -0.05) is 0 Å². The van der Waals surface area contributed by atoms with Gasteiger partial charge in [-0.25, -0.2) is 0 Å². The number of aliphatic hydroxyl groups is 1. The minimum atomic E-state index is -0.609. The van der Waals surface area contributed by atoms with Gasteiger partial charge in [-0.15, -0.1) is 0 Å². The Morgan fingerprint density at radius 2 is 2.53 bits per heavy atom. The number of ether oxygens (including phenoxy) is 1. The van der Waals surface area contributed by atoms with Gasteiger partial charge in [0, 0.05) is 6.04 Å². The summed E-state index contributed by atoms with van der Waals surface area (Å²) in [5.41, 5.74) is 0. The molecule has 5 heteroatoms. The Balaban J connectivity index is 1.86. The van der Waals surface area contributed by atoms with Crippen LogP contribution in [0.3, 0.4) is 0 Å². The second-order valence-electron chi connectivity index (χ2n) is 4.84. The van der Waals surface area contributed by atoms with E-state index in [-0.39, 0.29) is 12.0 Å². The third kappa shape index (κ3) is 3.81. The van der Waals surface area contributed by atoms with Gasteiger partial charge in [-0.2, -0.15) is 0 Å². The van der Waals surface area contributed by atoms with Gasteiger partial charge < -0.3 is 14.3 Å². The SMILES string of the molecule is CCOC(=O)CN1CCCC1CC(O)c1ccco1. The summed E-state index contributed by atoms with van der Waals surface area (Å²) < 4.78 is 10.2. The summed E-state index contributed by atoms with van der Waals surface area (Å²) in [7, 11) is 0. The third-order valence-corrected chi connectivity index (χ3v) is 3.50. The maximum atomic E-state index is 11.5. The number of hydrogen-bond acceptors (Lipinski definition) is 5. The van der Waals surface area contributed by atoms with Crippen LogP contribution in [0.25, 0.3) is 0 Å². The van der Waals surface area contributed by atoms with Gasteiger partial charge in [0.25, 0.3) is 0 Å². The van der Waals surface area contributed by atoms with E-state index in [9.17, 15) is 9.90 Å². The van der Waals surface area contributed by atoms with Gasteiger partial charge in [0.15, 0.2) is 0 Å². The molecule has 0 aliphatic carbocycles. The Morgan fingerprint density at radius 1 is 1.68 bits per heavy atom. The fourth-order valence-corrected chi connectivity index (χ4v) is 2.60. The lowest BCUT2D eigenvalue weighted by molar-refractivity contribution is -0.144. The van der Waals surface area contributed by atoms with Crippen molar-refractivity contribution in [3.63, 3.8) is 0 Å². The first-order chi connectivity index (χ1) is 9.20.